The number of nitrogens with two attached hydrogens (primary N) is 2. The molecule has 0 spiro atoms. The summed E-state index contributed by atoms with van der Waals surface area (Å²) in [6.07, 6.45) is 1.82. The fourth-order valence-corrected chi connectivity index (χ4v) is 2.84. The van der Waals surface area contributed by atoms with Gasteiger partial charge in [0.2, 0.25) is 11.8 Å². The molecule has 0 unspecified atom stereocenters. The monoisotopic (exact) mass is 435 g/mol. The van der Waals surface area contributed by atoms with Gasteiger partial charge in [0.25, 0.3) is 0 Å². The Morgan fingerprint density at radius 2 is 1.90 bits per heavy atom. The van der Waals surface area contributed by atoms with E-state index in [1.165, 1.54) is 25.2 Å². The van der Waals surface area contributed by atoms with Crippen LogP contribution in [-0.2, 0) is 9.59 Å². The molecule has 0 radical (unpaired) electrons. The third-order valence-electron chi connectivity index (χ3n) is 4.39. The highest BCUT2D eigenvalue weighted by atomic mass is 35.5. The van der Waals surface area contributed by atoms with Crippen LogP contribution < -0.4 is 21.7 Å². The lowest BCUT2D eigenvalue weighted by atomic mass is 10.0. The standard InChI is InChI=1S/C22H27ClN4O3/c1-27(20(28)14-26-22(30)18(25)9-5-6-12-24)19-11-10-16(23)13-17(19)21(29)15-7-3-2-4-8-15/h2-4,7-8,10-11,13,18H,5-6,9,12,14,24-25H2,1H3,(H,26,30)/t18-/m0/s1/i2D,3D,4D,7D,8D. The molecule has 0 heterocycles. The summed E-state index contributed by atoms with van der Waals surface area (Å²) in [5.74, 6) is -1.98. The van der Waals surface area contributed by atoms with Crippen molar-refractivity contribution in [3.8, 4) is 0 Å². The zero-order chi connectivity index (χ0) is 26.4. The van der Waals surface area contributed by atoms with Crippen molar-refractivity contribution >= 4 is 34.9 Å². The van der Waals surface area contributed by atoms with E-state index in [1.807, 2.05) is 0 Å². The number of halogens is 1. The van der Waals surface area contributed by atoms with E-state index in [2.05, 4.69) is 5.32 Å². The van der Waals surface area contributed by atoms with Crippen LogP contribution in [0.25, 0.3) is 0 Å². The first-order valence-corrected chi connectivity index (χ1v) is 9.71. The topological polar surface area (TPSA) is 119 Å². The van der Waals surface area contributed by atoms with E-state index in [9.17, 15) is 14.4 Å². The van der Waals surface area contributed by atoms with Crippen LogP contribution in [0.4, 0.5) is 5.69 Å². The zero-order valence-electron chi connectivity index (χ0n) is 21.5. The number of hydrogen-bond acceptors (Lipinski definition) is 5. The highest BCUT2D eigenvalue weighted by Crippen LogP contribution is 2.26. The van der Waals surface area contributed by atoms with E-state index in [4.69, 9.17) is 29.9 Å². The molecule has 0 saturated carbocycles. The highest BCUT2D eigenvalue weighted by molar-refractivity contribution is 6.31. The molecular weight excluding hydrogens is 404 g/mol. The Labute approximate surface area is 188 Å². The minimum atomic E-state index is -0.898. The summed E-state index contributed by atoms with van der Waals surface area (Å²) in [7, 11) is 1.37. The van der Waals surface area contributed by atoms with Gasteiger partial charge in [-0.05, 0) is 37.6 Å². The molecule has 2 aromatic rings. The Bertz CT molecular complexity index is 1120. The molecule has 0 saturated heterocycles. The quantitative estimate of drug-likeness (QED) is 0.390. The van der Waals surface area contributed by atoms with Gasteiger partial charge in [0.05, 0.1) is 25.1 Å². The summed E-state index contributed by atoms with van der Waals surface area (Å²) in [6.45, 7) is 0.0908. The number of ketones is 1. The average molecular weight is 436 g/mol. The van der Waals surface area contributed by atoms with Crippen molar-refractivity contribution in [3.63, 3.8) is 0 Å². The maximum absolute atomic E-state index is 13.3. The molecule has 0 aliphatic heterocycles. The number of rotatable bonds is 10. The molecule has 5 N–H and O–H groups in total. The normalized spacial score (nSPS) is 13.9. The van der Waals surface area contributed by atoms with Gasteiger partial charge in [0.15, 0.2) is 5.78 Å². The summed E-state index contributed by atoms with van der Waals surface area (Å²) in [4.78, 5) is 39.4. The second kappa shape index (κ2) is 11.4. The molecule has 0 fully saturated rings. The largest absolute Gasteiger partial charge is 0.346 e. The molecule has 2 rings (SSSR count). The van der Waals surface area contributed by atoms with Crippen molar-refractivity contribution in [3.05, 3.63) is 64.6 Å². The van der Waals surface area contributed by atoms with Crippen molar-refractivity contribution in [2.24, 2.45) is 11.5 Å². The molecule has 1 atom stereocenters. The molecule has 2 aromatic carbocycles. The minimum Gasteiger partial charge on any atom is -0.346 e. The van der Waals surface area contributed by atoms with Gasteiger partial charge in [-0.1, -0.05) is 48.2 Å². The number of nitrogens with one attached hydrogen (secondary N) is 1. The number of likely N-dealkylation sites (N-methyl/N-ethyl adjacent to an activating group) is 1. The van der Waals surface area contributed by atoms with Gasteiger partial charge >= 0.3 is 0 Å². The van der Waals surface area contributed by atoms with Gasteiger partial charge in [0, 0.05) is 23.2 Å². The molecule has 2 amide bonds. The summed E-state index contributed by atoms with van der Waals surface area (Å²) in [5.41, 5.74) is 10.6. The minimum absolute atomic E-state index is 0.0812. The smallest absolute Gasteiger partial charge is 0.246 e. The first kappa shape index (κ1) is 17.0. The molecule has 30 heavy (non-hydrogen) atoms. The van der Waals surface area contributed by atoms with Crippen molar-refractivity contribution in [2.45, 2.75) is 25.3 Å². The summed E-state index contributed by atoms with van der Waals surface area (Å²) >= 11 is 6.06. The van der Waals surface area contributed by atoms with Crippen LogP contribution in [0, 0.1) is 0 Å². The molecule has 0 aliphatic rings. The van der Waals surface area contributed by atoms with Crippen LogP contribution in [0.1, 0.15) is 42.0 Å². The first-order chi connectivity index (χ1) is 16.4. The van der Waals surface area contributed by atoms with Crippen molar-refractivity contribution in [2.75, 3.05) is 25.0 Å². The van der Waals surface area contributed by atoms with Gasteiger partial charge in [0.1, 0.15) is 0 Å². The summed E-state index contributed by atoms with van der Waals surface area (Å²) < 4.78 is 39.5. The molecule has 7 nitrogen and oxygen atoms in total. The Morgan fingerprint density at radius 3 is 2.57 bits per heavy atom. The lowest BCUT2D eigenvalue weighted by Crippen LogP contribution is -2.45. The molecule has 0 aromatic heterocycles. The maximum atomic E-state index is 13.3. The van der Waals surface area contributed by atoms with E-state index in [0.29, 0.717) is 19.4 Å². The number of benzene rings is 2. The van der Waals surface area contributed by atoms with Crippen molar-refractivity contribution in [1.29, 1.82) is 0 Å². The molecule has 160 valence electrons. The van der Waals surface area contributed by atoms with Crippen LogP contribution in [0.3, 0.4) is 0 Å². The van der Waals surface area contributed by atoms with Gasteiger partial charge in [-0.15, -0.1) is 0 Å². The third-order valence-corrected chi connectivity index (χ3v) is 4.62. The number of amides is 2. The highest BCUT2D eigenvalue weighted by Gasteiger charge is 2.21. The lowest BCUT2D eigenvalue weighted by molar-refractivity contribution is -0.125. The number of hydrogen-bond donors (Lipinski definition) is 3. The Morgan fingerprint density at radius 1 is 1.20 bits per heavy atom. The summed E-state index contributed by atoms with van der Waals surface area (Å²) in [5, 5.41) is 2.60. The molecule has 8 heteroatoms. The molecule has 0 bridgehead atoms. The molecule has 0 aliphatic carbocycles. The van der Waals surface area contributed by atoms with Gasteiger partial charge in [-0.2, -0.15) is 0 Å². The SMILES string of the molecule is [2H]c1c([2H])c([2H])c(C(=O)c2cc(Cl)ccc2N(C)C(=O)CNC(=O)[C@@H](N)CCCCN)c([2H])c1[2H]. The maximum Gasteiger partial charge on any atom is 0.246 e. The first-order valence-electron chi connectivity index (χ1n) is 11.8. The number of carbonyl (C=O) groups excluding carboxylic acids is 3. The second-order valence-electron chi connectivity index (χ2n) is 6.55. The zero-order valence-corrected chi connectivity index (χ0v) is 17.3. The van der Waals surface area contributed by atoms with E-state index >= 15 is 0 Å². The number of carbonyl (C=O) groups is 3. The predicted molar refractivity (Wildman–Crippen MR) is 119 cm³/mol. The fourth-order valence-electron chi connectivity index (χ4n) is 2.67. The van der Waals surface area contributed by atoms with E-state index in [-0.39, 0.29) is 16.3 Å². The number of unbranched alkanes of at least 4 members (excludes halogenated alkanes) is 1. The van der Waals surface area contributed by atoms with Crippen LogP contribution in [-0.4, -0.2) is 43.8 Å². The van der Waals surface area contributed by atoms with Crippen LogP contribution in [0.5, 0.6) is 0 Å². The average Bonchev–Trinajstić information content (AvgIpc) is 2.84. The van der Waals surface area contributed by atoms with Gasteiger partial charge < -0.3 is 21.7 Å². The Balaban J connectivity index is 2.31. The van der Waals surface area contributed by atoms with Crippen LogP contribution >= 0.6 is 11.6 Å². The van der Waals surface area contributed by atoms with Gasteiger partial charge in [-0.25, -0.2) is 0 Å². The number of anilines is 1. The lowest BCUT2D eigenvalue weighted by Gasteiger charge is -2.21. The van der Waals surface area contributed by atoms with Crippen molar-refractivity contribution < 1.29 is 21.2 Å². The van der Waals surface area contributed by atoms with E-state index in [0.717, 1.165) is 11.3 Å². The predicted octanol–water partition coefficient (Wildman–Crippen LogP) is 2.11. The van der Waals surface area contributed by atoms with Crippen LogP contribution in [0.2, 0.25) is 5.02 Å². The second-order valence-corrected chi connectivity index (χ2v) is 6.99. The fraction of sp³-hybridized carbons (Fsp3) is 0.318. The Hall–Kier alpha value is -2.74. The summed E-state index contributed by atoms with van der Waals surface area (Å²) in [6, 6.07) is -0.0117. The Kier molecular flexibility index (Phi) is 6.48. The van der Waals surface area contributed by atoms with Gasteiger partial charge in [-0.3, -0.25) is 14.4 Å². The third kappa shape index (κ3) is 6.38. The van der Waals surface area contributed by atoms with Crippen LogP contribution in [0.15, 0.2) is 48.4 Å². The number of nitrogens with zero attached hydrogens (tertiary/aromatic N) is 1. The van der Waals surface area contributed by atoms with Crippen molar-refractivity contribution in [1.82, 2.24) is 5.32 Å². The van der Waals surface area contributed by atoms with E-state index < -0.39 is 66.0 Å². The molecular formula is C22H27ClN4O3. The van der Waals surface area contributed by atoms with E-state index in [1.54, 1.807) is 0 Å².